The minimum atomic E-state index is -2.83. The van der Waals surface area contributed by atoms with Gasteiger partial charge in [0.15, 0.2) is 0 Å². The predicted molar refractivity (Wildman–Crippen MR) is 80.9 cm³/mol. The van der Waals surface area contributed by atoms with Gasteiger partial charge in [0, 0.05) is 0 Å². The molecular formula is C10H24N2S4W. The summed E-state index contributed by atoms with van der Waals surface area (Å²) in [4.78, 5) is 0. The first-order valence-electron chi connectivity index (χ1n) is 6.30. The summed E-state index contributed by atoms with van der Waals surface area (Å²) >= 11 is 0. The molecule has 2 fully saturated rings. The van der Waals surface area contributed by atoms with Crippen LogP contribution in [0.25, 0.3) is 0 Å². The number of hydrogen-bond donors (Lipinski definition) is 2. The molecule has 2 heterocycles. The van der Waals surface area contributed by atoms with Crippen LogP contribution in [0.2, 0.25) is 0 Å². The first kappa shape index (κ1) is 18.7. The van der Waals surface area contributed by atoms with E-state index in [1.165, 1.54) is 64.7 Å². The molecule has 2 aliphatic rings. The van der Waals surface area contributed by atoms with Crippen LogP contribution in [0.15, 0.2) is 0 Å². The van der Waals surface area contributed by atoms with Crippen LogP contribution in [-0.2, 0) is 30.5 Å². The van der Waals surface area contributed by atoms with Gasteiger partial charge in [-0.1, -0.05) is 0 Å². The van der Waals surface area contributed by atoms with Crippen molar-refractivity contribution in [3.05, 3.63) is 0 Å². The van der Waals surface area contributed by atoms with Gasteiger partial charge >= 0.3 is 50.2 Å². The normalized spacial score (nSPS) is 20.4. The second-order valence-corrected chi connectivity index (χ2v) is 33.9. The van der Waals surface area contributed by atoms with E-state index in [1.807, 2.05) is 0 Å². The third-order valence-corrected chi connectivity index (χ3v) is 2.63. The van der Waals surface area contributed by atoms with E-state index in [-0.39, 0.29) is 0 Å². The van der Waals surface area contributed by atoms with Gasteiger partial charge in [-0.2, -0.15) is 0 Å². The number of rotatable bonds is 0. The summed E-state index contributed by atoms with van der Waals surface area (Å²) in [6.45, 7) is 5.50. The molecule has 0 bridgehead atoms. The molecule has 0 saturated carbocycles. The van der Waals surface area contributed by atoms with Crippen molar-refractivity contribution in [3.8, 4) is 0 Å². The predicted octanol–water partition coefficient (Wildman–Crippen LogP) is 0.757. The standard InChI is InChI=1S/2C5H11N.4S.W/c2*1-2-4-6-5-3-1;;;;;/h2*6H,1-5H2;;;;;/q;;;;2*-1;/p+2. The fourth-order valence-electron chi connectivity index (χ4n) is 1.80. The van der Waals surface area contributed by atoms with Crippen molar-refractivity contribution in [2.24, 2.45) is 0 Å². The van der Waals surface area contributed by atoms with Crippen molar-refractivity contribution in [1.29, 1.82) is 0 Å². The summed E-state index contributed by atoms with van der Waals surface area (Å²) in [6, 6.07) is 0. The van der Waals surface area contributed by atoms with E-state index in [4.69, 9.17) is 0 Å². The molecule has 0 aromatic rings. The van der Waals surface area contributed by atoms with Crippen molar-refractivity contribution in [2.45, 2.75) is 38.5 Å². The number of quaternary nitrogens is 2. The van der Waals surface area contributed by atoms with Crippen LogP contribution in [0.3, 0.4) is 0 Å². The summed E-state index contributed by atoms with van der Waals surface area (Å²) in [6.07, 6.45) is 8.72. The summed E-state index contributed by atoms with van der Waals surface area (Å²) in [7, 11) is 15.1. The van der Waals surface area contributed by atoms with Gasteiger partial charge in [0.05, 0.1) is 26.2 Å². The monoisotopic (exact) mass is 484 g/mol. The van der Waals surface area contributed by atoms with Gasteiger partial charge in [-0.15, -0.1) is 0 Å². The molecule has 2 aliphatic heterocycles. The van der Waals surface area contributed by atoms with Crippen molar-refractivity contribution in [1.82, 2.24) is 0 Å². The molecule has 0 aromatic heterocycles. The van der Waals surface area contributed by atoms with E-state index in [2.05, 4.69) is 50.9 Å². The molecule has 2 nitrogen and oxygen atoms in total. The summed E-state index contributed by atoms with van der Waals surface area (Å²) in [5.41, 5.74) is 0. The van der Waals surface area contributed by atoms with Gasteiger partial charge < -0.3 is 10.6 Å². The van der Waals surface area contributed by atoms with Crippen molar-refractivity contribution in [2.75, 3.05) is 26.2 Å². The van der Waals surface area contributed by atoms with Gasteiger partial charge in [0.25, 0.3) is 0 Å². The molecule has 0 unspecified atom stereocenters. The third-order valence-electron chi connectivity index (χ3n) is 2.63. The van der Waals surface area contributed by atoms with E-state index >= 15 is 0 Å². The zero-order chi connectivity index (χ0) is 13.0. The van der Waals surface area contributed by atoms with E-state index in [1.54, 1.807) is 0 Å². The third kappa shape index (κ3) is 23.3. The molecular weight excluding hydrogens is 460 g/mol. The van der Waals surface area contributed by atoms with Crippen LogP contribution < -0.4 is 10.6 Å². The fraction of sp³-hybridized carbons (Fsp3) is 1.00. The topological polar surface area (TPSA) is 33.2 Å². The first-order chi connectivity index (χ1) is 8.00. The van der Waals surface area contributed by atoms with E-state index in [0.29, 0.717) is 0 Å². The molecule has 2 rings (SSSR count). The van der Waals surface area contributed by atoms with Crippen molar-refractivity contribution < 1.29 is 20.5 Å². The zero-order valence-electron chi connectivity index (χ0n) is 10.3. The molecule has 4 N–H and O–H groups in total. The van der Waals surface area contributed by atoms with Crippen LogP contribution >= 0.6 is 19.6 Å². The van der Waals surface area contributed by atoms with Crippen molar-refractivity contribution >= 4 is 40.3 Å². The molecule has 104 valence electrons. The molecule has 0 aromatic carbocycles. The number of hydrogen-bond acceptors (Lipinski definition) is 4. The second-order valence-electron chi connectivity index (χ2n) is 4.26. The fourth-order valence-corrected chi connectivity index (χ4v) is 1.80. The Morgan fingerprint density at radius 3 is 0.941 bits per heavy atom. The molecule has 0 aliphatic carbocycles. The zero-order valence-corrected chi connectivity index (χ0v) is 16.5. The Kier molecular flexibility index (Phi) is 14.1. The first-order valence-corrected chi connectivity index (χ1v) is 22.0. The SMILES string of the molecule is C1CC[NH2+]CC1.C1CC[NH2+]CC1.[S]=[W](=[S])([S-])[S-]. The van der Waals surface area contributed by atoms with Crippen LogP contribution in [0.5, 0.6) is 0 Å². The van der Waals surface area contributed by atoms with Crippen LogP contribution in [-0.4, -0.2) is 26.2 Å². The second kappa shape index (κ2) is 12.8. The summed E-state index contributed by atoms with van der Waals surface area (Å²) < 4.78 is 0. The Labute approximate surface area is 124 Å². The van der Waals surface area contributed by atoms with Crippen LogP contribution in [0.4, 0.5) is 0 Å². The van der Waals surface area contributed by atoms with Crippen molar-refractivity contribution in [3.63, 3.8) is 0 Å². The Balaban J connectivity index is 0.000000228. The van der Waals surface area contributed by atoms with E-state index in [0.717, 1.165) is 0 Å². The maximum absolute atomic E-state index is 4.48. The molecule has 0 atom stereocenters. The van der Waals surface area contributed by atoms with Gasteiger partial charge in [-0.05, 0) is 38.5 Å². The van der Waals surface area contributed by atoms with Gasteiger partial charge in [-0.3, -0.25) is 0 Å². The summed E-state index contributed by atoms with van der Waals surface area (Å²) in [5, 5.41) is 4.78. The van der Waals surface area contributed by atoms with Crippen LogP contribution in [0.1, 0.15) is 38.5 Å². The Morgan fingerprint density at radius 1 is 0.647 bits per heavy atom. The average molecular weight is 484 g/mol. The summed E-state index contributed by atoms with van der Waals surface area (Å²) in [5.74, 6) is 0. The maximum atomic E-state index is 4.48. The Bertz CT molecular complexity index is 206. The minimum absolute atomic E-state index is 1.38. The molecule has 17 heavy (non-hydrogen) atoms. The molecule has 0 radical (unpaired) electrons. The molecule has 7 heteroatoms. The number of piperidine rings is 2. The number of nitrogens with two attached hydrogens (primary N) is 2. The van der Waals surface area contributed by atoms with Gasteiger partial charge in [-0.25, -0.2) is 0 Å². The van der Waals surface area contributed by atoms with Gasteiger partial charge in [0.1, 0.15) is 0 Å². The Morgan fingerprint density at radius 2 is 0.882 bits per heavy atom. The average Bonchev–Trinajstić information content (AvgIpc) is 2.32. The molecule has 0 spiro atoms. The molecule has 2 saturated heterocycles. The van der Waals surface area contributed by atoms with E-state index < -0.39 is 9.86 Å². The van der Waals surface area contributed by atoms with Crippen LogP contribution in [0, 0.1) is 0 Å². The molecule has 0 amide bonds. The van der Waals surface area contributed by atoms with Gasteiger partial charge in [0.2, 0.25) is 0 Å². The quantitative estimate of drug-likeness (QED) is 0.498. The Hall–Kier alpha value is 1.75. The van der Waals surface area contributed by atoms with E-state index in [9.17, 15) is 0 Å².